The summed E-state index contributed by atoms with van der Waals surface area (Å²) in [6.07, 6.45) is 2.32. The first-order valence-electron chi connectivity index (χ1n) is 7.92. The van der Waals surface area contributed by atoms with Crippen molar-refractivity contribution in [1.82, 2.24) is 5.32 Å². The standard InChI is InChI=1S/C16H29NO4/c1-9(16(19)20)7-6-8-10(2)17-15(18)14-11(3)12(4)21-13(14)5/h9-14H,6-8H2,1-5H3,(H,17,18)(H,19,20). The van der Waals surface area contributed by atoms with Crippen molar-refractivity contribution in [1.29, 1.82) is 0 Å². The summed E-state index contributed by atoms with van der Waals surface area (Å²) in [5.41, 5.74) is 0. The Hall–Kier alpha value is -1.10. The summed E-state index contributed by atoms with van der Waals surface area (Å²) in [5, 5.41) is 11.9. The molecule has 1 aliphatic rings. The number of hydrogen-bond acceptors (Lipinski definition) is 3. The summed E-state index contributed by atoms with van der Waals surface area (Å²) in [4.78, 5) is 23.1. The first kappa shape index (κ1) is 18.0. The molecule has 0 aromatic rings. The molecule has 2 N–H and O–H groups in total. The normalized spacial score (nSPS) is 31.7. The predicted octanol–water partition coefficient (Wildman–Crippen LogP) is 2.44. The van der Waals surface area contributed by atoms with Crippen LogP contribution in [0, 0.1) is 17.8 Å². The fraction of sp³-hybridized carbons (Fsp3) is 0.875. The zero-order chi connectivity index (χ0) is 16.2. The van der Waals surface area contributed by atoms with Gasteiger partial charge in [-0.1, -0.05) is 20.3 Å². The molecule has 5 heteroatoms. The van der Waals surface area contributed by atoms with Gasteiger partial charge in [-0.3, -0.25) is 9.59 Å². The second-order valence-corrected chi connectivity index (χ2v) is 6.51. The van der Waals surface area contributed by atoms with E-state index in [9.17, 15) is 9.59 Å². The van der Waals surface area contributed by atoms with Gasteiger partial charge in [-0.25, -0.2) is 0 Å². The minimum Gasteiger partial charge on any atom is -0.481 e. The first-order valence-corrected chi connectivity index (χ1v) is 7.92. The van der Waals surface area contributed by atoms with Gasteiger partial charge in [-0.2, -0.15) is 0 Å². The maximum Gasteiger partial charge on any atom is 0.306 e. The molecule has 1 rings (SSSR count). The molecule has 6 atom stereocenters. The Morgan fingerprint density at radius 1 is 1.14 bits per heavy atom. The fourth-order valence-electron chi connectivity index (χ4n) is 2.98. The lowest BCUT2D eigenvalue weighted by Gasteiger charge is -2.21. The summed E-state index contributed by atoms with van der Waals surface area (Å²) in [5.74, 6) is -0.902. The van der Waals surface area contributed by atoms with Crippen LogP contribution in [0.5, 0.6) is 0 Å². The molecule has 0 aromatic carbocycles. The molecule has 1 heterocycles. The number of amides is 1. The molecule has 1 saturated heterocycles. The van der Waals surface area contributed by atoms with Crippen LogP contribution in [0.2, 0.25) is 0 Å². The van der Waals surface area contributed by atoms with E-state index in [-0.39, 0.29) is 41.9 Å². The zero-order valence-corrected chi connectivity index (χ0v) is 13.8. The van der Waals surface area contributed by atoms with Crippen LogP contribution in [-0.2, 0) is 14.3 Å². The number of carboxylic acid groups (broad SMARTS) is 1. The van der Waals surface area contributed by atoms with Crippen molar-refractivity contribution in [2.24, 2.45) is 17.8 Å². The molecule has 0 spiro atoms. The first-order chi connectivity index (χ1) is 9.73. The molecule has 0 saturated carbocycles. The zero-order valence-electron chi connectivity index (χ0n) is 13.8. The van der Waals surface area contributed by atoms with E-state index in [1.54, 1.807) is 6.92 Å². The SMILES string of the molecule is CC(CCCC(C)C(=O)O)NC(=O)C1C(C)OC(C)C1C. The topological polar surface area (TPSA) is 75.6 Å². The second kappa shape index (κ2) is 7.78. The van der Waals surface area contributed by atoms with E-state index >= 15 is 0 Å². The minimum atomic E-state index is -0.758. The van der Waals surface area contributed by atoms with Crippen LogP contribution in [0.4, 0.5) is 0 Å². The Morgan fingerprint density at radius 2 is 1.76 bits per heavy atom. The van der Waals surface area contributed by atoms with Crippen molar-refractivity contribution in [3.63, 3.8) is 0 Å². The number of carbonyl (C=O) groups is 2. The van der Waals surface area contributed by atoms with E-state index in [1.807, 2.05) is 20.8 Å². The summed E-state index contributed by atoms with van der Waals surface area (Å²) < 4.78 is 5.70. The summed E-state index contributed by atoms with van der Waals surface area (Å²) in [6, 6.07) is 0.0637. The van der Waals surface area contributed by atoms with Crippen molar-refractivity contribution in [3.8, 4) is 0 Å². The van der Waals surface area contributed by atoms with Crippen molar-refractivity contribution < 1.29 is 19.4 Å². The Labute approximate surface area is 127 Å². The molecule has 122 valence electrons. The van der Waals surface area contributed by atoms with Gasteiger partial charge in [0.1, 0.15) is 0 Å². The van der Waals surface area contributed by atoms with Crippen molar-refractivity contribution in [2.45, 2.75) is 72.1 Å². The van der Waals surface area contributed by atoms with Crippen LogP contribution < -0.4 is 5.32 Å². The Morgan fingerprint density at radius 3 is 2.24 bits per heavy atom. The number of aliphatic carboxylic acids is 1. The number of nitrogens with one attached hydrogen (secondary N) is 1. The molecule has 0 bridgehead atoms. The van der Waals surface area contributed by atoms with Crippen LogP contribution in [-0.4, -0.2) is 35.2 Å². The van der Waals surface area contributed by atoms with Crippen LogP contribution in [0.1, 0.15) is 53.9 Å². The molecule has 1 aliphatic heterocycles. The highest BCUT2D eigenvalue weighted by Gasteiger charge is 2.41. The number of hydrogen-bond donors (Lipinski definition) is 2. The van der Waals surface area contributed by atoms with Crippen LogP contribution in [0.25, 0.3) is 0 Å². The second-order valence-electron chi connectivity index (χ2n) is 6.51. The lowest BCUT2D eigenvalue weighted by Crippen LogP contribution is -2.41. The summed E-state index contributed by atoms with van der Waals surface area (Å²) >= 11 is 0. The van der Waals surface area contributed by atoms with E-state index < -0.39 is 5.97 Å². The maximum absolute atomic E-state index is 12.3. The highest BCUT2D eigenvalue weighted by atomic mass is 16.5. The molecule has 1 amide bonds. The fourth-order valence-corrected chi connectivity index (χ4v) is 2.98. The third kappa shape index (κ3) is 4.99. The van der Waals surface area contributed by atoms with Crippen molar-refractivity contribution in [3.05, 3.63) is 0 Å². The molecule has 6 unspecified atom stereocenters. The molecule has 1 fully saturated rings. The smallest absolute Gasteiger partial charge is 0.306 e. The van der Waals surface area contributed by atoms with Gasteiger partial charge in [-0.15, -0.1) is 0 Å². The maximum atomic E-state index is 12.3. The average Bonchev–Trinajstić information content (AvgIpc) is 2.62. The third-order valence-electron chi connectivity index (χ3n) is 4.63. The molecular formula is C16H29NO4. The van der Waals surface area contributed by atoms with E-state index in [0.29, 0.717) is 6.42 Å². The average molecular weight is 299 g/mol. The molecular weight excluding hydrogens is 270 g/mol. The van der Waals surface area contributed by atoms with E-state index in [0.717, 1.165) is 12.8 Å². The van der Waals surface area contributed by atoms with Gasteiger partial charge >= 0.3 is 5.97 Å². The lowest BCUT2D eigenvalue weighted by molar-refractivity contribution is -0.141. The number of ether oxygens (including phenoxy) is 1. The highest BCUT2D eigenvalue weighted by Crippen LogP contribution is 2.32. The van der Waals surface area contributed by atoms with Gasteiger partial charge in [0.05, 0.1) is 24.0 Å². The molecule has 0 radical (unpaired) electrons. The van der Waals surface area contributed by atoms with E-state index in [4.69, 9.17) is 9.84 Å². The predicted molar refractivity (Wildman–Crippen MR) is 80.9 cm³/mol. The van der Waals surface area contributed by atoms with Gasteiger partial charge < -0.3 is 15.2 Å². The Kier molecular flexibility index (Phi) is 6.65. The summed E-state index contributed by atoms with van der Waals surface area (Å²) in [6.45, 7) is 9.69. The molecule has 21 heavy (non-hydrogen) atoms. The number of carbonyl (C=O) groups excluding carboxylic acids is 1. The Bertz CT molecular complexity index is 371. The van der Waals surface area contributed by atoms with Crippen molar-refractivity contribution in [2.75, 3.05) is 0 Å². The van der Waals surface area contributed by atoms with Crippen LogP contribution in [0.3, 0.4) is 0 Å². The molecule has 0 aliphatic carbocycles. The van der Waals surface area contributed by atoms with Crippen LogP contribution in [0.15, 0.2) is 0 Å². The van der Waals surface area contributed by atoms with Crippen molar-refractivity contribution >= 4 is 11.9 Å². The van der Waals surface area contributed by atoms with Gasteiger partial charge in [0.25, 0.3) is 0 Å². The van der Waals surface area contributed by atoms with E-state index in [1.165, 1.54) is 0 Å². The number of rotatable bonds is 7. The summed E-state index contributed by atoms with van der Waals surface area (Å²) in [7, 11) is 0. The van der Waals surface area contributed by atoms with Gasteiger partial charge in [0.2, 0.25) is 5.91 Å². The van der Waals surface area contributed by atoms with Gasteiger partial charge in [-0.05, 0) is 39.5 Å². The molecule has 5 nitrogen and oxygen atoms in total. The minimum absolute atomic E-state index is 0.0470. The highest BCUT2D eigenvalue weighted by molar-refractivity contribution is 5.80. The largest absolute Gasteiger partial charge is 0.481 e. The number of carboxylic acids is 1. The van der Waals surface area contributed by atoms with Gasteiger partial charge in [0.15, 0.2) is 0 Å². The van der Waals surface area contributed by atoms with Gasteiger partial charge in [0, 0.05) is 6.04 Å². The monoisotopic (exact) mass is 299 g/mol. The van der Waals surface area contributed by atoms with E-state index in [2.05, 4.69) is 12.2 Å². The third-order valence-corrected chi connectivity index (χ3v) is 4.63. The van der Waals surface area contributed by atoms with Crippen LogP contribution >= 0.6 is 0 Å². The molecule has 0 aromatic heterocycles. The quantitative estimate of drug-likeness (QED) is 0.757. The Balaban J connectivity index is 2.35. The lowest BCUT2D eigenvalue weighted by atomic mass is 9.88.